The summed E-state index contributed by atoms with van der Waals surface area (Å²) in [6.07, 6.45) is 0. The number of furan rings is 2. The van der Waals surface area contributed by atoms with E-state index in [4.69, 9.17) is 18.8 Å². The van der Waals surface area contributed by atoms with Gasteiger partial charge in [0, 0.05) is 43.3 Å². The van der Waals surface area contributed by atoms with Crippen molar-refractivity contribution in [2.75, 3.05) is 0 Å². The molecular formula is C42H23N3O2. The van der Waals surface area contributed by atoms with E-state index in [-0.39, 0.29) is 0 Å². The highest BCUT2D eigenvalue weighted by molar-refractivity contribution is 6.20. The Bertz CT molecular complexity index is 3090. The van der Waals surface area contributed by atoms with Crippen LogP contribution >= 0.6 is 0 Å². The van der Waals surface area contributed by atoms with Gasteiger partial charge in [0.1, 0.15) is 16.9 Å². The minimum absolute atomic E-state index is 0.754. The van der Waals surface area contributed by atoms with Crippen molar-refractivity contribution in [1.82, 2.24) is 14.5 Å². The minimum Gasteiger partial charge on any atom is -0.452 e. The third kappa shape index (κ3) is 3.37. The Hall–Kier alpha value is -6.46. The minimum atomic E-state index is 0.754. The van der Waals surface area contributed by atoms with Crippen LogP contribution in [0.5, 0.6) is 0 Å². The van der Waals surface area contributed by atoms with Crippen LogP contribution in [0.1, 0.15) is 0 Å². The van der Waals surface area contributed by atoms with E-state index in [1.54, 1.807) is 0 Å². The summed E-state index contributed by atoms with van der Waals surface area (Å²) in [5.41, 5.74) is 8.85. The molecule has 0 aliphatic rings. The highest BCUT2D eigenvalue weighted by Gasteiger charge is 2.22. The highest BCUT2D eigenvalue weighted by Crippen LogP contribution is 2.42. The SMILES string of the molecule is c1ccc2c(c1)ccc1c3ccccc3n(-c3nc4ccccc4nc3-c3ccc4oc5c(ccc6c7ccccc7oc65)c4c3)c21. The molecule has 5 nitrogen and oxygen atoms in total. The first kappa shape index (κ1) is 24.8. The number of nitrogens with zero attached hydrogens (tertiary/aromatic N) is 3. The third-order valence-corrected chi connectivity index (χ3v) is 9.58. The lowest BCUT2D eigenvalue weighted by molar-refractivity contribution is 0.633. The smallest absolute Gasteiger partial charge is 0.178 e. The number of rotatable bonds is 2. The lowest BCUT2D eigenvalue weighted by Gasteiger charge is -2.14. The van der Waals surface area contributed by atoms with Gasteiger partial charge in [-0.25, -0.2) is 9.97 Å². The van der Waals surface area contributed by atoms with Crippen LogP contribution in [0.3, 0.4) is 0 Å². The maximum Gasteiger partial charge on any atom is 0.178 e. The first-order valence-corrected chi connectivity index (χ1v) is 15.8. The Morgan fingerprint density at radius 3 is 1.94 bits per heavy atom. The molecule has 4 aromatic heterocycles. The van der Waals surface area contributed by atoms with E-state index < -0.39 is 0 Å². The normalized spacial score (nSPS) is 12.3. The zero-order valence-electron chi connectivity index (χ0n) is 24.9. The molecule has 0 saturated heterocycles. The fraction of sp³-hybridized carbons (Fsp3) is 0. The van der Waals surface area contributed by atoms with E-state index in [9.17, 15) is 0 Å². The molecule has 0 fully saturated rings. The molecule has 0 radical (unpaired) electrons. The Labute approximate surface area is 266 Å². The molecule has 0 N–H and O–H groups in total. The second kappa shape index (κ2) is 9.05. The van der Waals surface area contributed by atoms with Crippen molar-refractivity contribution in [3.63, 3.8) is 0 Å². The number of aromatic nitrogens is 3. The summed E-state index contributed by atoms with van der Waals surface area (Å²) in [6.45, 7) is 0. The van der Waals surface area contributed by atoms with E-state index in [0.29, 0.717) is 0 Å². The van der Waals surface area contributed by atoms with Gasteiger partial charge >= 0.3 is 0 Å². The summed E-state index contributed by atoms with van der Waals surface area (Å²) in [6, 6.07) is 48.4. The Morgan fingerprint density at radius 1 is 0.447 bits per heavy atom. The molecule has 5 heteroatoms. The van der Waals surface area contributed by atoms with Gasteiger partial charge in [-0.2, -0.15) is 0 Å². The zero-order valence-corrected chi connectivity index (χ0v) is 24.9. The lowest BCUT2D eigenvalue weighted by atomic mass is 10.0. The first-order valence-electron chi connectivity index (χ1n) is 15.8. The monoisotopic (exact) mass is 601 g/mol. The Kier molecular flexibility index (Phi) is 4.78. The average Bonchev–Trinajstić information content (AvgIpc) is 3.80. The van der Waals surface area contributed by atoms with Crippen LogP contribution < -0.4 is 0 Å². The van der Waals surface area contributed by atoms with Crippen LogP contribution in [-0.4, -0.2) is 14.5 Å². The predicted molar refractivity (Wildman–Crippen MR) is 191 cm³/mol. The van der Waals surface area contributed by atoms with Crippen molar-refractivity contribution < 1.29 is 8.83 Å². The lowest BCUT2D eigenvalue weighted by Crippen LogP contribution is -2.04. The summed E-state index contributed by atoms with van der Waals surface area (Å²) in [4.78, 5) is 10.7. The van der Waals surface area contributed by atoms with Gasteiger partial charge in [-0.3, -0.25) is 4.57 Å². The Morgan fingerprint density at radius 2 is 1.09 bits per heavy atom. The average molecular weight is 602 g/mol. The van der Waals surface area contributed by atoms with Crippen LogP contribution in [0.15, 0.2) is 148 Å². The van der Waals surface area contributed by atoms with Gasteiger partial charge in [0.25, 0.3) is 0 Å². The molecular weight excluding hydrogens is 578 g/mol. The largest absolute Gasteiger partial charge is 0.452 e. The van der Waals surface area contributed by atoms with E-state index in [1.165, 1.54) is 21.5 Å². The molecule has 218 valence electrons. The van der Waals surface area contributed by atoms with Crippen molar-refractivity contribution in [3.8, 4) is 17.1 Å². The van der Waals surface area contributed by atoms with Crippen molar-refractivity contribution in [1.29, 1.82) is 0 Å². The fourth-order valence-electron chi connectivity index (χ4n) is 7.45. The van der Waals surface area contributed by atoms with Crippen molar-refractivity contribution in [3.05, 3.63) is 140 Å². The zero-order chi connectivity index (χ0) is 30.6. The van der Waals surface area contributed by atoms with Crippen molar-refractivity contribution >= 4 is 87.5 Å². The molecule has 0 aliphatic heterocycles. The molecule has 0 aliphatic carbocycles. The van der Waals surface area contributed by atoms with Gasteiger partial charge in [-0.1, -0.05) is 84.9 Å². The van der Waals surface area contributed by atoms with Gasteiger partial charge in [0.05, 0.1) is 22.1 Å². The van der Waals surface area contributed by atoms with Gasteiger partial charge in [-0.05, 0) is 60.0 Å². The number of hydrogen-bond acceptors (Lipinski definition) is 4. The number of fused-ring (bicyclic) bond motifs is 13. The third-order valence-electron chi connectivity index (χ3n) is 9.58. The standard InChI is InChI=1S/C42H23N3O2/c1-2-10-26-24(9-1)17-19-29-27-11-3-7-15-35(27)45(39(26)29)42-38(43-33-13-5-6-14-34(33)44-42)25-18-22-37-32(23-25)31-21-20-30-28-12-4-8-16-36(28)46-40(30)41(31)47-37/h1-23H. The van der Waals surface area contributed by atoms with Gasteiger partial charge in [0.15, 0.2) is 17.0 Å². The Balaban J connectivity index is 1.24. The second-order valence-electron chi connectivity index (χ2n) is 12.2. The van der Waals surface area contributed by atoms with Crippen molar-refractivity contribution in [2.45, 2.75) is 0 Å². The van der Waals surface area contributed by atoms with E-state index in [0.717, 1.165) is 83.0 Å². The molecule has 0 bridgehead atoms. The van der Waals surface area contributed by atoms with E-state index in [1.807, 2.05) is 48.5 Å². The molecule has 0 unspecified atom stereocenters. The molecule has 4 heterocycles. The van der Waals surface area contributed by atoms with E-state index in [2.05, 4.69) is 95.6 Å². The van der Waals surface area contributed by atoms with Gasteiger partial charge in [-0.15, -0.1) is 0 Å². The first-order chi connectivity index (χ1) is 23.3. The van der Waals surface area contributed by atoms with Gasteiger partial charge in [0.2, 0.25) is 0 Å². The summed E-state index contributed by atoms with van der Waals surface area (Å²) in [5, 5.41) is 8.87. The fourth-order valence-corrected chi connectivity index (χ4v) is 7.45. The topological polar surface area (TPSA) is 57.0 Å². The molecule has 11 rings (SSSR count). The maximum atomic E-state index is 6.49. The highest BCUT2D eigenvalue weighted by atomic mass is 16.4. The van der Waals surface area contributed by atoms with Crippen LogP contribution in [0.2, 0.25) is 0 Å². The molecule has 0 amide bonds. The molecule has 0 atom stereocenters. The molecule has 7 aromatic carbocycles. The molecule has 0 spiro atoms. The van der Waals surface area contributed by atoms with Crippen LogP contribution in [0, 0.1) is 0 Å². The van der Waals surface area contributed by atoms with Crippen molar-refractivity contribution in [2.24, 2.45) is 0 Å². The predicted octanol–water partition coefficient (Wildman–Crippen LogP) is 11.3. The van der Waals surface area contributed by atoms with Crippen LogP contribution in [0.25, 0.3) is 105 Å². The summed E-state index contributed by atoms with van der Waals surface area (Å²) >= 11 is 0. The number of para-hydroxylation sites is 4. The van der Waals surface area contributed by atoms with Crippen LogP contribution in [0.4, 0.5) is 0 Å². The van der Waals surface area contributed by atoms with Gasteiger partial charge < -0.3 is 8.83 Å². The summed E-state index contributed by atoms with van der Waals surface area (Å²) in [7, 11) is 0. The number of benzene rings is 7. The maximum absolute atomic E-state index is 6.49. The molecule has 47 heavy (non-hydrogen) atoms. The molecule has 11 aromatic rings. The second-order valence-corrected chi connectivity index (χ2v) is 12.2. The summed E-state index contributed by atoms with van der Waals surface area (Å²) < 4.78 is 15.1. The van der Waals surface area contributed by atoms with E-state index >= 15 is 0 Å². The number of hydrogen-bond donors (Lipinski definition) is 0. The quantitative estimate of drug-likeness (QED) is 0.198. The summed E-state index contributed by atoms with van der Waals surface area (Å²) in [5.74, 6) is 0.790. The van der Waals surface area contributed by atoms with Crippen LogP contribution in [-0.2, 0) is 0 Å². The molecule has 0 saturated carbocycles.